The number of nitrogens with two attached hydrogens (primary N) is 1. The van der Waals surface area contributed by atoms with E-state index in [1.807, 2.05) is 32.0 Å². The average Bonchev–Trinajstić information content (AvgIpc) is 3.24. The van der Waals surface area contributed by atoms with Crippen molar-refractivity contribution >= 4 is 11.6 Å². The predicted octanol–water partition coefficient (Wildman–Crippen LogP) is 3.50. The van der Waals surface area contributed by atoms with Gasteiger partial charge in [-0.1, -0.05) is 19.0 Å². The van der Waals surface area contributed by atoms with E-state index in [1.165, 1.54) is 0 Å². The number of benzene rings is 1. The highest BCUT2D eigenvalue weighted by Gasteiger charge is 2.19. The maximum absolute atomic E-state index is 6.31. The molecule has 0 saturated carbocycles. The van der Waals surface area contributed by atoms with Crippen LogP contribution in [0, 0.1) is 0 Å². The third kappa shape index (κ3) is 4.10. The van der Waals surface area contributed by atoms with Gasteiger partial charge in [-0.15, -0.1) is 0 Å². The van der Waals surface area contributed by atoms with Crippen molar-refractivity contribution in [2.24, 2.45) is 0 Å². The zero-order valence-electron chi connectivity index (χ0n) is 18.1. The van der Waals surface area contributed by atoms with Crippen LogP contribution in [0.5, 0.6) is 17.2 Å². The summed E-state index contributed by atoms with van der Waals surface area (Å²) in [5.41, 5.74) is 8.80. The summed E-state index contributed by atoms with van der Waals surface area (Å²) in [5.74, 6) is 3.71. The first-order valence-corrected chi connectivity index (χ1v) is 9.51. The molecule has 3 aromatic rings. The zero-order valence-corrected chi connectivity index (χ0v) is 18.1. The Morgan fingerprint density at radius 1 is 1.03 bits per heavy atom. The number of nitrogens with one attached hydrogen (secondary N) is 1. The number of nitrogens with zero attached hydrogens (tertiary/aromatic N) is 3. The smallest absolute Gasteiger partial charge is 0.204 e. The second-order valence-corrected chi connectivity index (χ2v) is 6.99. The molecular weight excluding hydrogens is 386 g/mol. The minimum absolute atomic E-state index is 0.239. The Labute approximate surface area is 175 Å². The molecule has 3 rings (SSSR count). The molecule has 0 radical (unpaired) electrons. The third-order valence-corrected chi connectivity index (χ3v) is 4.72. The van der Waals surface area contributed by atoms with E-state index >= 15 is 0 Å². The van der Waals surface area contributed by atoms with Crippen LogP contribution >= 0.6 is 0 Å². The fraction of sp³-hybridized carbons (Fsp3) is 0.381. The van der Waals surface area contributed by atoms with E-state index in [0.29, 0.717) is 46.9 Å². The molecule has 0 spiro atoms. The molecule has 0 unspecified atom stereocenters. The normalized spacial score (nSPS) is 10.9. The van der Waals surface area contributed by atoms with Crippen molar-refractivity contribution < 1.29 is 18.7 Å². The summed E-state index contributed by atoms with van der Waals surface area (Å²) < 4.78 is 21.7. The Morgan fingerprint density at radius 2 is 1.70 bits per heavy atom. The average molecular weight is 413 g/mol. The Balaban J connectivity index is 2.00. The molecule has 1 aromatic carbocycles. The minimum Gasteiger partial charge on any atom is -0.493 e. The summed E-state index contributed by atoms with van der Waals surface area (Å²) in [6.07, 6.45) is 0.465. The summed E-state index contributed by atoms with van der Waals surface area (Å²) in [4.78, 5) is 9.03. The quantitative estimate of drug-likeness (QED) is 0.572. The van der Waals surface area contributed by atoms with Crippen LogP contribution in [-0.4, -0.2) is 43.5 Å². The molecule has 0 aliphatic rings. The van der Waals surface area contributed by atoms with Gasteiger partial charge in [0.1, 0.15) is 11.6 Å². The van der Waals surface area contributed by atoms with E-state index in [1.54, 1.807) is 28.4 Å². The number of aromatic nitrogens is 3. The zero-order chi connectivity index (χ0) is 21.8. The summed E-state index contributed by atoms with van der Waals surface area (Å²) in [6.45, 7) is 4.08. The fourth-order valence-electron chi connectivity index (χ4n) is 3.10. The van der Waals surface area contributed by atoms with Crippen LogP contribution in [0.1, 0.15) is 36.6 Å². The molecule has 0 amide bonds. The lowest BCUT2D eigenvalue weighted by Crippen LogP contribution is -2.08. The maximum atomic E-state index is 6.31. The van der Waals surface area contributed by atoms with Gasteiger partial charge in [0, 0.05) is 25.1 Å². The maximum Gasteiger partial charge on any atom is 0.204 e. The van der Waals surface area contributed by atoms with E-state index in [2.05, 4.69) is 20.4 Å². The van der Waals surface area contributed by atoms with Gasteiger partial charge in [-0.3, -0.25) is 0 Å². The van der Waals surface area contributed by atoms with Gasteiger partial charge < -0.3 is 29.8 Å². The molecule has 160 valence electrons. The van der Waals surface area contributed by atoms with Crippen molar-refractivity contribution in [1.29, 1.82) is 0 Å². The van der Waals surface area contributed by atoms with Crippen LogP contribution < -0.4 is 25.3 Å². The SMILES string of the molecule is CNc1nc(-c2cc(C(C)C)no2)nc(N)c1Cc1cc(OC)c(OC)c(OC)c1. The lowest BCUT2D eigenvalue weighted by atomic mass is 10.0. The van der Waals surface area contributed by atoms with Crippen molar-refractivity contribution in [1.82, 2.24) is 15.1 Å². The van der Waals surface area contributed by atoms with Gasteiger partial charge in [-0.25, -0.2) is 9.97 Å². The first-order valence-electron chi connectivity index (χ1n) is 9.51. The van der Waals surface area contributed by atoms with Gasteiger partial charge in [0.2, 0.25) is 17.3 Å². The Hall–Kier alpha value is -3.49. The van der Waals surface area contributed by atoms with Gasteiger partial charge in [-0.05, 0) is 23.6 Å². The molecule has 0 aliphatic carbocycles. The van der Waals surface area contributed by atoms with Crippen LogP contribution in [0.2, 0.25) is 0 Å². The molecule has 9 nitrogen and oxygen atoms in total. The standard InChI is InChI=1S/C21H27N5O4/c1-11(2)14-10-17(30-26-14)21-24-19(22)13(20(23-3)25-21)7-12-8-15(27-4)18(29-6)16(9-12)28-5/h8-11H,7H2,1-6H3,(H3,22,23,24,25). The number of hydrogen-bond donors (Lipinski definition) is 2. The van der Waals surface area contributed by atoms with Crippen LogP contribution in [0.15, 0.2) is 22.7 Å². The number of anilines is 2. The Kier molecular flexibility index (Phi) is 6.29. The highest BCUT2D eigenvalue weighted by atomic mass is 16.5. The molecule has 9 heteroatoms. The highest BCUT2D eigenvalue weighted by Crippen LogP contribution is 2.39. The van der Waals surface area contributed by atoms with Gasteiger partial charge in [0.15, 0.2) is 11.5 Å². The second-order valence-electron chi connectivity index (χ2n) is 6.99. The van der Waals surface area contributed by atoms with Crippen molar-refractivity contribution in [2.75, 3.05) is 39.4 Å². The number of methoxy groups -OCH3 is 3. The highest BCUT2D eigenvalue weighted by molar-refractivity contribution is 5.64. The number of ether oxygens (including phenoxy) is 3. The molecule has 30 heavy (non-hydrogen) atoms. The van der Waals surface area contributed by atoms with Gasteiger partial charge in [0.05, 0.1) is 27.0 Å². The third-order valence-electron chi connectivity index (χ3n) is 4.72. The molecule has 2 heterocycles. The van der Waals surface area contributed by atoms with Gasteiger partial charge in [-0.2, -0.15) is 0 Å². The van der Waals surface area contributed by atoms with Crippen molar-refractivity contribution in [3.8, 4) is 28.8 Å². The van der Waals surface area contributed by atoms with Crippen LogP contribution in [0.25, 0.3) is 11.6 Å². The Morgan fingerprint density at radius 3 is 2.20 bits per heavy atom. The molecule has 0 aliphatic heterocycles. The number of nitrogen functional groups attached to an aromatic ring is 1. The summed E-state index contributed by atoms with van der Waals surface area (Å²) in [6, 6.07) is 5.58. The molecule has 2 aromatic heterocycles. The van der Waals surface area contributed by atoms with Gasteiger partial charge in [0.25, 0.3) is 0 Å². The number of hydrogen-bond acceptors (Lipinski definition) is 9. The summed E-state index contributed by atoms with van der Waals surface area (Å²) >= 11 is 0. The van der Waals surface area contributed by atoms with E-state index in [-0.39, 0.29) is 5.92 Å². The largest absolute Gasteiger partial charge is 0.493 e. The Bertz CT molecular complexity index is 1010. The number of rotatable bonds is 8. The van der Waals surface area contributed by atoms with Crippen LogP contribution in [0.3, 0.4) is 0 Å². The van der Waals surface area contributed by atoms with Gasteiger partial charge >= 0.3 is 0 Å². The molecule has 0 fully saturated rings. The lowest BCUT2D eigenvalue weighted by molar-refractivity contribution is 0.324. The minimum atomic E-state index is 0.239. The first-order chi connectivity index (χ1) is 14.4. The monoisotopic (exact) mass is 413 g/mol. The molecule has 0 saturated heterocycles. The summed E-state index contributed by atoms with van der Waals surface area (Å²) in [5, 5.41) is 7.16. The molecule has 3 N–H and O–H groups in total. The van der Waals surface area contributed by atoms with Crippen LogP contribution in [-0.2, 0) is 6.42 Å². The van der Waals surface area contributed by atoms with E-state index < -0.39 is 0 Å². The van der Waals surface area contributed by atoms with Crippen molar-refractivity contribution in [2.45, 2.75) is 26.2 Å². The lowest BCUT2D eigenvalue weighted by Gasteiger charge is -2.16. The fourth-order valence-corrected chi connectivity index (χ4v) is 3.10. The topological polar surface area (TPSA) is 118 Å². The first kappa shape index (κ1) is 21.2. The second kappa shape index (κ2) is 8.89. The van der Waals surface area contributed by atoms with E-state index in [0.717, 1.165) is 16.8 Å². The van der Waals surface area contributed by atoms with E-state index in [9.17, 15) is 0 Å². The van der Waals surface area contributed by atoms with Crippen molar-refractivity contribution in [3.63, 3.8) is 0 Å². The molecule has 0 atom stereocenters. The van der Waals surface area contributed by atoms with Crippen LogP contribution in [0.4, 0.5) is 11.6 Å². The predicted molar refractivity (Wildman–Crippen MR) is 114 cm³/mol. The van der Waals surface area contributed by atoms with E-state index in [4.69, 9.17) is 24.5 Å². The molecular formula is C21H27N5O4. The van der Waals surface area contributed by atoms with Crippen molar-refractivity contribution in [3.05, 3.63) is 35.0 Å². The molecule has 0 bridgehead atoms. The summed E-state index contributed by atoms with van der Waals surface area (Å²) in [7, 11) is 6.51.